The third kappa shape index (κ3) is 4.60. The van der Waals surface area contributed by atoms with Gasteiger partial charge >= 0.3 is 0 Å². The van der Waals surface area contributed by atoms with E-state index in [-0.39, 0.29) is 17.5 Å². The number of nitrogens with zero attached hydrogens (tertiary/aromatic N) is 2. The Labute approximate surface area is 151 Å². The molecule has 7 nitrogen and oxygen atoms in total. The molecule has 8 heteroatoms. The van der Waals surface area contributed by atoms with Crippen LogP contribution in [0.4, 0.5) is 11.6 Å². The average Bonchev–Trinajstić information content (AvgIpc) is 2.60. The van der Waals surface area contributed by atoms with Crippen molar-refractivity contribution in [2.75, 3.05) is 26.1 Å². The lowest BCUT2D eigenvalue weighted by atomic mass is 10.2. The van der Waals surface area contributed by atoms with Gasteiger partial charge in [0, 0.05) is 24.4 Å². The van der Waals surface area contributed by atoms with Gasteiger partial charge in [-0.1, -0.05) is 17.7 Å². The minimum atomic E-state index is -0.311. The van der Waals surface area contributed by atoms with Crippen molar-refractivity contribution in [1.29, 1.82) is 0 Å². The maximum Gasteiger partial charge on any atom is 0.270 e. The Morgan fingerprint density at radius 1 is 1.24 bits per heavy atom. The second-order valence-electron chi connectivity index (χ2n) is 5.03. The second-order valence-corrected chi connectivity index (χ2v) is 5.44. The highest BCUT2D eigenvalue weighted by Gasteiger charge is 2.14. The Hall–Kier alpha value is -2.80. The standard InChI is InChI=1S/C17H19ClN4O3/c1-5-6-19-16(23)13-7-10(2)20-17(22-13)21-12-9-14(24-3)11(18)8-15(12)25-4/h5,7-9H,1,6H2,2-4H3,(H,19,23)(H,20,21,22). The molecule has 2 aromatic rings. The topological polar surface area (TPSA) is 85.4 Å². The molecule has 1 heterocycles. The highest BCUT2D eigenvalue weighted by atomic mass is 35.5. The summed E-state index contributed by atoms with van der Waals surface area (Å²) in [6, 6.07) is 4.89. The number of carbonyl (C=O) groups excluding carboxylic acids is 1. The average molecular weight is 363 g/mol. The Kier molecular flexibility index (Phi) is 6.19. The van der Waals surface area contributed by atoms with Crippen LogP contribution in [0.5, 0.6) is 11.5 Å². The number of nitrogens with one attached hydrogen (secondary N) is 2. The van der Waals surface area contributed by atoms with Crippen LogP contribution < -0.4 is 20.1 Å². The normalized spacial score (nSPS) is 10.1. The van der Waals surface area contributed by atoms with E-state index < -0.39 is 0 Å². The first-order valence-electron chi connectivity index (χ1n) is 7.41. The molecule has 1 aromatic heterocycles. The fourth-order valence-corrected chi connectivity index (χ4v) is 2.31. The predicted molar refractivity (Wildman–Crippen MR) is 97.1 cm³/mol. The zero-order chi connectivity index (χ0) is 18.4. The summed E-state index contributed by atoms with van der Waals surface area (Å²) in [4.78, 5) is 20.6. The molecule has 0 saturated heterocycles. The van der Waals surface area contributed by atoms with Crippen molar-refractivity contribution in [1.82, 2.24) is 15.3 Å². The lowest BCUT2D eigenvalue weighted by Gasteiger charge is -2.14. The molecule has 2 N–H and O–H groups in total. The molecule has 1 amide bonds. The van der Waals surface area contributed by atoms with E-state index in [0.29, 0.717) is 34.4 Å². The van der Waals surface area contributed by atoms with Gasteiger partial charge < -0.3 is 20.1 Å². The number of benzene rings is 1. The Balaban J connectivity index is 2.35. The molecule has 25 heavy (non-hydrogen) atoms. The van der Waals surface area contributed by atoms with E-state index in [1.807, 2.05) is 0 Å². The van der Waals surface area contributed by atoms with Gasteiger partial charge in [0.2, 0.25) is 5.95 Å². The van der Waals surface area contributed by atoms with Crippen molar-refractivity contribution >= 4 is 29.1 Å². The van der Waals surface area contributed by atoms with Crippen LogP contribution in [0.3, 0.4) is 0 Å². The van der Waals surface area contributed by atoms with E-state index in [2.05, 4.69) is 27.2 Å². The molecular formula is C17H19ClN4O3. The number of rotatable bonds is 7. The van der Waals surface area contributed by atoms with Gasteiger partial charge in [-0.05, 0) is 13.0 Å². The maximum atomic E-state index is 12.1. The van der Waals surface area contributed by atoms with Gasteiger partial charge in [-0.3, -0.25) is 4.79 Å². The number of hydrogen-bond acceptors (Lipinski definition) is 6. The molecule has 0 aliphatic heterocycles. The van der Waals surface area contributed by atoms with E-state index in [1.54, 1.807) is 31.2 Å². The zero-order valence-corrected chi connectivity index (χ0v) is 15.0. The number of methoxy groups -OCH3 is 2. The van der Waals surface area contributed by atoms with Crippen LogP contribution in [0, 0.1) is 6.92 Å². The summed E-state index contributed by atoms with van der Waals surface area (Å²) in [6.07, 6.45) is 1.59. The first-order valence-corrected chi connectivity index (χ1v) is 7.79. The number of carbonyl (C=O) groups is 1. The molecule has 0 radical (unpaired) electrons. The first-order chi connectivity index (χ1) is 12.0. The Bertz CT molecular complexity index is 796. The molecule has 0 saturated carbocycles. The molecule has 1 aromatic carbocycles. The number of aryl methyl sites for hydroxylation is 1. The molecule has 0 bridgehead atoms. The van der Waals surface area contributed by atoms with Crippen molar-refractivity contribution in [3.8, 4) is 11.5 Å². The van der Waals surface area contributed by atoms with E-state index in [1.165, 1.54) is 14.2 Å². The third-order valence-corrected chi connectivity index (χ3v) is 3.51. The van der Waals surface area contributed by atoms with Gasteiger partial charge in [0.25, 0.3) is 5.91 Å². The number of anilines is 2. The summed E-state index contributed by atoms with van der Waals surface area (Å²) in [5.41, 5.74) is 1.45. The highest BCUT2D eigenvalue weighted by molar-refractivity contribution is 6.32. The van der Waals surface area contributed by atoms with Crippen LogP contribution >= 0.6 is 11.6 Å². The monoisotopic (exact) mass is 362 g/mol. The van der Waals surface area contributed by atoms with Gasteiger partial charge in [0.1, 0.15) is 17.2 Å². The number of halogens is 1. The molecule has 132 valence electrons. The van der Waals surface area contributed by atoms with Crippen LogP contribution in [-0.2, 0) is 0 Å². The molecule has 0 aliphatic carbocycles. The van der Waals surface area contributed by atoms with Crippen molar-refractivity contribution in [3.63, 3.8) is 0 Å². The van der Waals surface area contributed by atoms with E-state index in [0.717, 1.165) is 0 Å². The Morgan fingerprint density at radius 2 is 1.96 bits per heavy atom. The molecule has 0 spiro atoms. The first kappa shape index (κ1) is 18.5. The van der Waals surface area contributed by atoms with E-state index in [9.17, 15) is 4.79 Å². The molecule has 0 aliphatic rings. The molecular weight excluding hydrogens is 344 g/mol. The van der Waals surface area contributed by atoms with Crippen LogP contribution in [-0.4, -0.2) is 36.6 Å². The zero-order valence-electron chi connectivity index (χ0n) is 14.2. The summed E-state index contributed by atoms with van der Waals surface area (Å²) in [7, 11) is 3.04. The van der Waals surface area contributed by atoms with Gasteiger partial charge in [-0.2, -0.15) is 0 Å². The summed E-state index contributed by atoms with van der Waals surface area (Å²) in [6.45, 7) is 5.69. The fourth-order valence-electron chi connectivity index (χ4n) is 2.07. The predicted octanol–water partition coefficient (Wildman–Crippen LogP) is 3.12. The third-order valence-electron chi connectivity index (χ3n) is 3.21. The summed E-state index contributed by atoms with van der Waals surface area (Å²) in [5.74, 6) is 0.913. The van der Waals surface area contributed by atoms with Gasteiger partial charge in [-0.25, -0.2) is 9.97 Å². The van der Waals surface area contributed by atoms with Gasteiger partial charge in [0.15, 0.2) is 0 Å². The number of hydrogen-bond donors (Lipinski definition) is 2. The Morgan fingerprint density at radius 3 is 2.60 bits per heavy atom. The summed E-state index contributed by atoms with van der Waals surface area (Å²) >= 11 is 6.10. The lowest BCUT2D eigenvalue weighted by molar-refractivity contribution is 0.0953. The quantitative estimate of drug-likeness (QED) is 0.736. The van der Waals surface area contributed by atoms with Crippen molar-refractivity contribution < 1.29 is 14.3 Å². The van der Waals surface area contributed by atoms with Crippen molar-refractivity contribution in [3.05, 3.63) is 47.3 Å². The fraction of sp³-hybridized carbons (Fsp3) is 0.235. The largest absolute Gasteiger partial charge is 0.495 e. The molecule has 0 unspecified atom stereocenters. The van der Waals surface area contributed by atoms with Crippen molar-refractivity contribution in [2.45, 2.75) is 6.92 Å². The lowest BCUT2D eigenvalue weighted by Crippen LogP contribution is -2.24. The number of ether oxygens (including phenoxy) is 2. The van der Waals surface area contributed by atoms with Crippen LogP contribution in [0.1, 0.15) is 16.2 Å². The van der Waals surface area contributed by atoms with Gasteiger partial charge in [-0.15, -0.1) is 6.58 Å². The SMILES string of the molecule is C=CCNC(=O)c1cc(C)nc(Nc2cc(OC)c(Cl)cc2OC)n1. The van der Waals surface area contributed by atoms with Crippen LogP contribution in [0.15, 0.2) is 30.9 Å². The van der Waals surface area contributed by atoms with Crippen molar-refractivity contribution in [2.24, 2.45) is 0 Å². The van der Waals surface area contributed by atoms with E-state index >= 15 is 0 Å². The summed E-state index contributed by atoms with van der Waals surface area (Å²) in [5, 5.41) is 6.13. The second kappa shape index (κ2) is 8.34. The van der Waals surface area contributed by atoms with Crippen LogP contribution in [0.2, 0.25) is 5.02 Å². The van der Waals surface area contributed by atoms with Crippen LogP contribution in [0.25, 0.3) is 0 Å². The minimum Gasteiger partial charge on any atom is -0.495 e. The number of aromatic nitrogens is 2. The van der Waals surface area contributed by atoms with E-state index in [4.69, 9.17) is 21.1 Å². The maximum absolute atomic E-state index is 12.1. The molecule has 2 rings (SSSR count). The smallest absolute Gasteiger partial charge is 0.270 e. The number of amides is 1. The molecule has 0 fully saturated rings. The highest BCUT2D eigenvalue weighted by Crippen LogP contribution is 2.36. The molecule has 0 atom stereocenters. The van der Waals surface area contributed by atoms with Gasteiger partial charge in [0.05, 0.1) is 24.9 Å². The minimum absolute atomic E-state index is 0.247. The summed E-state index contributed by atoms with van der Waals surface area (Å²) < 4.78 is 10.5.